The maximum absolute atomic E-state index is 12.2. The van der Waals surface area contributed by atoms with Crippen molar-refractivity contribution in [3.63, 3.8) is 0 Å². The van der Waals surface area contributed by atoms with Gasteiger partial charge in [0.25, 0.3) is 10.0 Å². The van der Waals surface area contributed by atoms with E-state index < -0.39 is 22.6 Å². The number of halogens is 1. The van der Waals surface area contributed by atoms with E-state index >= 15 is 0 Å². The summed E-state index contributed by atoms with van der Waals surface area (Å²) in [5.41, 5.74) is 0.844. The van der Waals surface area contributed by atoms with Gasteiger partial charge in [-0.05, 0) is 47.8 Å². The third-order valence-electron chi connectivity index (χ3n) is 3.61. The van der Waals surface area contributed by atoms with Crippen LogP contribution >= 0.6 is 22.9 Å². The highest BCUT2D eigenvalue weighted by atomic mass is 35.5. The van der Waals surface area contributed by atoms with Gasteiger partial charge in [-0.2, -0.15) is 0 Å². The Balaban J connectivity index is 1.60. The summed E-state index contributed by atoms with van der Waals surface area (Å²) in [6.07, 6.45) is 0. The van der Waals surface area contributed by atoms with E-state index in [0.717, 1.165) is 11.3 Å². The molecule has 2 aromatic carbocycles. The molecule has 3 rings (SSSR count). The fourth-order valence-corrected chi connectivity index (χ4v) is 4.50. The molecule has 0 spiro atoms. The van der Waals surface area contributed by atoms with Crippen molar-refractivity contribution in [3.05, 3.63) is 82.2 Å². The number of sulfonamides is 1. The second kappa shape index (κ2) is 8.55. The van der Waals surface area contributed by atoms with Crippen LogP contribution in [0.1, 0.15) is 20.7 Å². The van der Waals surface area contributed by atoms with Crippen molar-refractivity contribution in [2.45, 2.75) is 4.21 Å². The van der Waals surface area contributed by atoms with Crippen LogP contribution in [0, 0.1) is 0 Å². The molecule has 0 saturated carbocycles. The Labute approximate surface area is 170 Å². The Morgan fingerprint density at radius 1 is 1.00 bits per heavy atom. The molecule has 3 aromatic rings. The quantitative estimate of drug-likeness (QED) is 0.442. The van der Waals surface area contributed by atoms with Crippen LogP contribution in [0.2, 0.25) is 5.02 Å². The predicted octanol–water partition coefficient (Wildman–Crippen LogP) is 4.24. The smallest absolute Gasteiger partial charge is 0.338 e. The highest BCUT2D eigenvalue weighted by Gasteiger charge is 2.16. The van der Waals surface area contributed by atoms with Gasteiger partial charge < -0.3 is 4.74 Å². The second-order valence-electron chi connectivity index (χ2n) is 5.62. The highest BCUT2D eigenvalue weighted by molar-refractivity contribution is 7.94. The molecule has 0 saturated heterocycles. The van der Waals surface area contributed by atoms with Gasteiger partial charge in [-0.25, -0.2) is 13.2 Å². The second-order valence-corrected chi connectivity index (χ2v) is 8.92. The summed E-state index contributed by atoms with van der Waals surface area (Å²) in [6.45, 7) is -0.425. The van der Waals surface area contributed by atoms with Crippen LogP contribution in [-0.4, -0.2) is 26.8 Å². The zero-order chi connectivity index (χ0) is 20.1. The van der Waals surface area contributed by atoms with Gasteiger partial charge in [0, 0.05) is 16.3 Å². The van der Waals surface area contributed by atoms with Crippen molar-refractivity contribution in [1.29, 1.82) is 0 Å². The standard InChI is InChI=1S/C19H14ClNO5S2/c20-15-4-1-3-14(11-15)17(22)12-26-19(23)13-6-8-16(9-7-13)21-28(24,25)18-5-2-10-27-18/h1-11,21H,12H2. The third kappa shape index (κ3) is 4.98. The summed E-state index contributed by atoms with van der Waals surface area (Å²) in [4.78, 5) is 24.1. The van der Waals surface area contributed by atoms with Gasteiger partial charge in [-0.15, -0.1) is 11.3 Å². The van der Waals surface area contributed by atoms with E-state index in [-0.39, 0.29) is 15.6 Å². The fraction of sp³-hybridized carbons (Fsp3) is 0.0526. The molecule has 28 heavy (non-hydrogen) atoms. The van der Waals surface area contributed by atoms with Crippen molar-refractivity contribution >= 4 is 50.4 Å². The SMILES string of the molecule is O=C(COC(=O)c1ccc(NS(=O)(=O)c2cccs2)cc1)c1cccc(Cl)c1. The molecule has 0 fully saturated rings. The molecule has 0 aliphatic carbocycles. The normalized spacial score (nSPS) is 11.0. The molecule has 1 aromatic heterocycles. The van der Waals surface area contributed by atoms with Crippen LogP contribution in [0.25, 0.3) is 0 Å². The largest absolute Gasteiger partial charge is 0.454 e. The van der Waals surface area contributed by atoms with E-state index in [4.69, 9.17) is 16.3 Å². The molecule has 0 bridgehead atoms. The third-order valence-corrected chi connectivity index (χ3v) is 6.63. The topological polar surface area (TPSA) is 89.5 Å². The molecule has 144 valence electrons. The Morgan fingerprint density at radius 2 is 1.75 bits per heavy atom. The molecule has 0 amide bonds. The summed E-state index contributed by atoms with van der Waals surface area (Å²) in [5, 5.41) is 2.08. The molecule has 6 nitrogen and oxygen atoms in total. The number of carbonyl (C=O) groups excluding carboxylic acids is 2. The summed E-state index contributed by atoms with van der Waals surface area (Å²) >= 11 is 6.93. The van der Waals surface area contributed by atoms with E-state index in [2.05, 4.69) is 4.72 Å². The minimum Gasteiger partial charge on any atom is -0.454 e. The van der Waals surface area contributed by atoms with Gasteiger partial charge in [-0.3, -0.25) is 9.52 Å². The van der Waals surface area contributed by atoms with Crippen molar-refractivity contribution in [2.24, 2.45) is 0 Å². The van der Waals surface area contributed by atoms with Gasteiger partial charge in [0.15, 0.2) is 12.4 Å². The van der Waals surface area contributed by atoms with Crippen molar-refractivity contribution in [3.8, 4) is 0 Å². The first-order valence-electron chi connectivity index (χ1n) is 7.97. The number of carbonyl (C=O) groups is 2. The molecule has 9 heteroatoms. The van der Waals surface area contributed by atoms with Gasteiger partial charge in [0.2, 0.25) is 0 Å². The number of ketones is 1. The Morgan fingerprint density at radius 3 is 2.39 bits per heavy atom. The average Bonchev–Trinajstić information content (AvgIpc) is 3.22. The molecule has 1 N–H and O–H groups in total. The van der Waals surface area contributed by atoms with E-state index in [1.54, 1.807) is 29.6 Å². The predicted molar refractivity (Wildman–Crippen MR) is 108 cm³/mol. The molecule has 0 unspecified atom stereocenters. The Hall–Kier alpha value is -2.68. The fourth-order valence-electron chi connectivity index (χ4n) is 2.26. The number of esters is 1. The van der Waals surface area contributed by atoms with Gasteiger partial charge in [-0.1, -0.05) is 29.8 Å². The zero-order valence-electron chi connectivity index (χ0n) is 14.3. The van der Waals surface area contributed by atoms with Crippen molar-refractivity contribution < 1.29 is 22.7 Å². The molecule has 0 radical (unpaired) electrons. The van der Waals surface area contributed by atoms with Crippen LogP contribution < -0.4 is 4.72 Å². The van der Waals surface area contributed by atoms with Crippen LogP contribution in [0.5, 0.6) is 0 Å². The molecule has 0 atom stereocenters. The summed E-state index contributed by atoms with van der Waals surface area (Å²) in [5.74, 6) is -1.07. The van der Waals surface area contributed by atoms with Gasteiger partial charge >= 0.3 is 5.97 Å². The zero-order valence-corrected chi connectivity index (χ0v) is 16.7. The lowest BCUT2D eigenvalue weighted by atomic mass is 10.1. The van der Waals surface area contributed by atoms with Crippen LogP contribution in [-0.2, 0) is 14.8 Å². The Bertz CT molecular complexity index is 1090. The number of thiophene rings is 1. The molecule has 0 aliphatic heterocycles. The number of benzene rings is 2. The number of nitrogens with one attached hydrogen (secondary N) is 1. The number of hydrogen-bond donors (Lipinski definition) is 1. The van der Waals surface area contributed by atoms with E-state index in [9.17, 15) is 18.0 Å². The lowest BCUT2D eigenvalue weighted by Crippen LogP contribution is -2.14. The number of hydrogen-bond acceptors (Lipinski definition) is 6. The van der Waals surface area contributed by atoms with E-state index in [1.165, 1.54) is 36.4 Å². The molecule has 1 heterocycles. The lowest BCUT2D eigenvalue weighted by Gasteiger charge is -2.08. The van der Waals surface area contributed by atoms with Crippen LogP contribution in [0.3, 0.4) is 0 Å². The van der Waals surface area contributed by atoms with Crippen LogP contribution in [0.4, 0.5) is 5.69 Å². The van der Waals surface area contributed by atoms with Gasteiger partial charge in [0.1, 0.15) is 4.21 Å². The summed E-state index contributed by atoms with van der Waals surface area (Å²) in [6, 6.07) is 15.2. The van der Waals surface area contributed by atoms with Crippen molar-refractivity contribution in [1.82, 2.24) is 0 Å². The maximum Gasteiger partial charge on any atom is 0.338 e. The summed E-state index contributed by atoms with van der Waals surface area (Å²) in [7, 11) is -3.66. The minimum absolute atomic E-state index is 0.190. The summed E-state index contributed by atoms with van der Waals surface area (Å²) < 4.78 is 32.0. The van der Waals surface area contributed by atoms with Crippen molar-refractivity contribution in [2.75, 3.05) is 11.3 Å². The number of Topliss-reactive ketones (excluding diaryl/α,β-unsaturated/α-hetero) is 1. The average molecular weight is 436 g/mol. The maximum atomic E-state index is 12.2. The molecule has 0 aliphatic rings. The molecular formula is C19H14ClNO5S2. The first-order chi connectivity index (χ1) is 13.3. The minimum atomic E-state index is -3.66. The monoisotopic (exact) mass is 435 g/mol. The Kier molecular flexibility index (Phi) is 6.13. The highest BCUT2D eigenvalue weighted by Crippen LogP contribution is 2.20. The lowest BCUT2D eigenvalue weighted by molar-refractivity contribution is 0.0475. The van der Waals surface area contributed by atoms with E-state index in [1.807, 2.05) is 0 Å². The van der Waals surface area contributed by atoms with E-state index in [0.29, 0.717) is 16.3 Å². The van der Waals surface area contributed by atoms with Crippen LogP contribution in [0.15, 0.2) is 70.3 Å². The number of ether oxygens (including phenoxy) is 1. The first kappa shape index (κ1) is 20.1. The number of anilines is 1. The first-order valence-corrected chi connectivity index (χ1v) is 10.7. The number of rotatable bonds is 7. The van der Waals surface area contributed by atoms with Gasteiger partial charge in [0.05, 0.1) is 5.56 Å². The molecular weight excluding hydrogens is 422 g/mol.